The molecule has 0 aliphatic heterocycles. The third kappa shape index (κ3) is 3.49. The van der Waals surface area contributed by atoms with E-state index in [0.717, 1.165) is 21.7 Å². The van der Waals surface area contributed by atoms with Crippen molar-refractivity contribution in [2.24, 2.45) is 0 Å². The summed E-state index contributed by atoms with van der Waals surface area (Å²) in [5.74, 6) is 0.263. The molecule has 2 rings (SSSR count). The molecule has 0 radical (unpaired) electrons. The molecular formula is C15H14Cl2O. The van der Waals surface area contributed by atoms with Crippen molar-refractivity contribution in [1.29, 1.82) is 0 Å². The Labute approximate surface area is 117 Å². The first-order valence-electron chi connectivity index (χ1n) is 5.78. The lowest BCUT2D eigenvalue weighted by Crippen LogP contribution is -2.11. The second kappa shape index (κ2) is 6.24. The highest BCUT2D eigenvalue weighted by molar-refractivity contribution is 6.30. The molecule has 0 aromatic heterocycles. The second-order valence-electron chi connectivity index (χ2n) is 4.22. The molecule has 1 nitrogen and oxygen atoms in total. The van der Waals surface area contributed by atoms with Gasteiger partial charge < -0.3 is 5.11 Å². The fraction of sp³-hybridized carbons (Fsp3) is 0.200. The first-order chi connectivity index (χ1) is 8.69. The Morgan fingerprint density at radius 2 is 1.39 bits per heavy atom. The van der Waals surface area contributed by atoms with Crippen LogP contribution in [-0.4, -0.2) is 17.1 Å². The van der Waals surface area contributed by atoms with Gasteiger partial charge in [-0.2, -0.15) is 0 Å². The highest BCUT2D eigenvalue weighted by Gasteiger charge is 2.04. The normalized spacial score (nSPS) is 12.4. The van der Waals surface area contributed by atoms with Crippen LogP contribution < -0.4 is 0 Å². The number of hydrogen-bond donors (Lipinski definition) is 1. The Balaban J connectivity index is 2.14. The van der Waals surface area contributed by atoms with Crippen molar-refractivity contribution in [2.45, 2.75) is 12.5 Å². The van der Waals surface area contributed by atoms with Crippen LogP contribution in [-0.2, 0) is 6.42 Å². The van der Waals surface area contributed by atoms with Crippen LogP contribution in [0.15, 0.2) is 48.5 Å². The van der Waals surface area contributed by atoms with Crippen molar-refractivity contribution in [1.82, 2.24) is 0 Å². The largest absolute Gasteiger partial charge is 0.392 e. The monoisotopic (exact) mass is 280 g/mol. The maximum atomic E-state index is 9.48. The predicted octanol–water partition coefficient (Wildman–Crippen LogP) is 4.15. The number of rotatable bonds is 4. The molecule has 0 saturated heterocycles. The van der Waals surface area contributed by atoms with E-state index in [9.17, 15) is 5.11 Å². The van der Waals surface area contributed by atoms with Gasteiger partial charge in [0.05, 0.1) is 6.10 Å². The van der Waals surface area contributed by atoms with Crippen molar-refractivity contribution >= 4 is 23.2 Å². The van der Waals surface area contributed by atoms with Crippen LogP contribution in [0.4, 0.5) is 0 Å². The number of alkyl halides is 1. The van der Waals surface area contributed by atoms with Gasteiger partial charge in [-0.05, 0) is 35.2 Å². The van der Waals surface area contributed by atoms with E-state index in [4.69, 9.17) is 23.2 Å². The van der Waals surface area contributed by atoms with Crippen LogP contribution in [0.1, 0.15) is 5.56 Å². The standard InChI is InChI=1S/C15H14Cl2O/c16-10-15(18)9-11-1-3-12(4-2-11)13-5-7-14(17)8-6-13/h1-8,15,18H,9-10H2. The van der Waals surface area contributed by atoms with Crippen molar-refractivity contribution in [3.63, 3.8) is 0 Å². The average molecular weight is 281 g/mol. The summed E-state index contributed by atoms with van der Waals surface area (Å²) in [6.07, 6.45) is 0.109. The summed E-state index contributed by atoms with van der Waals surface area (Å²) in [5.41, 5.74) is 3.35. The fourth-order valence-corrected chi connectivity index (χ4v) is 2.04. The van der Waals surface area contributed by atoms with Gasteiger partial charge in [0.25, 0.3) is 0 Å². The van der Waals surface area contributed by atoms with Gasteiger partial charge >= 0.3 is 0 Å². The molecule has 0 saturated carbocycles. The maximum absolute atomic E-state index is 9.48. The van der Waals surface area contributed by atoms with E-state index in [1.54, 1.807) is 0 Å². The SMILES string of the molecule is OC(CCl)Cc1ccc(-c2ccc(Cl)cc2)cc1. The average Bonchev–Trinajstić information content (AvgIpc) is 2.40. The van der Waals surface area contributed by atoms with Gasteiger partial charge in [-0.15, -0.1) is 11.6 Å². The Bertz CT molecular complexity index is 491. The quantitative estimate of drug-likeness (QED) is 0.835. The Morgan fingerprint density at radius 3 is 1.89 bits per heavy atom. The van der Waals surface area contributed by atoms with Gasteiger partial charge in [0, 0.05) is 10.9 Å². The van der Waals surface area contributed by atoms with Crippen LogP contribution in [0, 0.1) is 0 Å². The first-order valence-corrected chi connectivity index (χ1v) is 6.69. The zero-order valence-corrected chi connectivity index (χ0v) is 11.3. The lowest BCUT2D eigenvalue weighted by molar-refractivity contribution is 0.199. The zero-order chi connectivity index (χ0) is 13.0. The minimum Gasteiger partial charge on any atom is -0.392 e. The fourth-order valence-electron chi connectivity index (χ4n) is 1.80. The molecule has 0 aliphatic rings. The molecule has 1 unspecified atom stereocenters. The molecule has 0 fully saturated rings. The Hall–Kier alpha value is -1.02. The smallest absolute Gasteiger partial charge is 0.0715 e. The number of aliphatic hydroxyl groups excluding tert-OH is 1. The summed E-state index contributed by atoms with van der Waals surface area (Å²) in [4.78, 5) is 0. The predicted molar refractivity (Wildman–Crippen MR) is 77.3 cm³/mol. The Kier molecular flexibility index (Phi) is 4.65. The molecule has 3 heteroatoms. The van der Waals surface area contributed by atoms with Crippen LogP contribution in [0.5, 0.6) is 0 Å². The molecule has 0 spiro atoms. The van der Waals surface area contributed by atoms with Gasteiger partial charge in [0.2, 0.25) is 0 Å². The number of aliphatic hydroxyl groups is 1. The maximum Gasteiger partial charge on any atom is 0.0715 e. The third-order valence-corrected chi connectivity index (χ3v) is 3.39. The summed E-state index contributed by atoms with van der Waals surface area (Å²) >= 11 is 11.4. The highest BCUT2D eigenvalue weighted by Crippen LogP contribution is 2.22. The third-order valence-electron chi connectivity index (χ3n) is 2.78. The van der Waals surface area contributed by atoms with Gasteiger partial charge in [0.1, 0.15) is 0 Å². The number of benzene rings is 2. The molecule has 2 aromatic rings. The second-order valence-corrected chi connectivity index (χ2v) is 4.96. The van der Waals surface area contributed by atoms with Crippen LogP contribution in [0.2, 0.25) is 5.02 Å². The molecule has 0 heterocycles. The van der Waals surface area contributed by atoms with Crippen LogP contribution >= 0.6 is 23.2 Å². The van der Waals surface area contributed by atoms with Crippen molar-refractivity contribution < 1.29 is 5.11 Å². The molecule has 0 aliphatic carbocycles. The van der Waals surface area contributed by atoms with E-state index in [-0.39, 0.29) is 5.88 Å². The minimum atomic E-state index is -0.479. The number of halogens is 2. The first kappa shape index (κ1) is 13.4. The summed E-state index contributed by atoms with van der Waals surface area (Å²) in [7, 11) is 0. The van der Waals surface area contributed by atoms with E-state index in [1.807, 2.05) is 48.5 Å². The van der Waals surface area contributed by atoms with Crippen molar-refractivity contribution in [2.75, 3.05) is 5.88 Å². The van der Waals surface area contributed by atoms with Crippen LogP contribution in [0.3, 0.4) is 0 Å². The van der Waals surface area contributed by atoms with E-state index >= 15 is 0 Å². The molecule has 2 aromatic carbocycles. The topological polar surface area (TPSA) is 20.2 Å². The lowest BCUT2D eigenvalue weighted by atomic mass is 10.0. The van der Waals surface area contributed by atoms with Gasteiger partial charge in [0.15, 0.2) is 0 Å². The molecule has 0 amide bonds. The molecule has 1 N–H and O–H groups in total. The van der Waals surface area contributed by atoms with Gasteiger partial charge in [-0.3, -0.25) is 0 Å². The minimum absolute atomic E-state index is 0.263. The van der Waals surface area contributed by atoms with Crippen LogP contribution in [0.25, 0.3) is 11.1 Å². The van der Waals surface area contributed by atoms with E-state index in [0.29, 0.717) is 6.42 Å². The van der Waals surface area contributed by atoms with E-state index in [2.05, 4.69) is 0 Å². The Morgan fingerprint density at radius 1 is 0.889 bits per heavy atom. The van der Waals surface area contributed by atoms with E-state index < -0.39 is 6.10 Å². The summed E-state index contributed by atoms with van der Waals surface area (Å²) in [6.45, 7) is 0. The molecule has 18 heavy (non-hydrogen) atoms. The van der Waals surface area contributed by atoms with Crippen molar-refractivity contribution in [3.05, 3.63) is 59.1 Å². The molecule has 0 bridgehead atoms. The molecule has 1 atom stereocenters. The number of hydrogen-bond acceptors (Lipinski definition) is 1. The van der Waals surface area contributed by atoms with Gasteiger partial charge in [-0.25, -0.2) is 0 Å². The van der Waals surface area contributed by atoms with Gasteiger partial charge in [-0.1, -0.05) is 48.0 Å². The summed E-state index contributed by atoms with van der Waals surface area (Å²) < 4.78 is 0. The van der Waals surface area contributed by atoms with Crippen molar-refractivity contribution in [3.8, 4) is 11.1 Å². The van der Waals surface area contributed by atoms with E-state index in [1.165, 1.54) is 0 Å². The molecule has 94 valence electrons. The summed E-state index contributed by atoms with van der Waals surface area (Å²) in [6, 6.07) is 15.8. The summed E-state index contributed by atoms with van der Waals surface area (Å²) in [5, 5.41) is 10.2. The highest BCUT2D eigenvalue weighted by atomic mass is 35.5. The zero-order valence-electron chi connectivity index (χ0n) is 9.81. The molecular weight excluding hydrogens is 267 g/mol. The lowest BCUT2D eigenvalue weighted by Gasteiger charge is -2.08.